The number of esters is 1. The summed E-state index contributed by atoms with van der Waals surface area (Å²) in [4.78, 5) is 11.3. The Morgan fingerprint density at radius 1 is 1.14 bits per heavy atom. The van der Waals surface area contributed by atoms with Gasteiger partial charge < -0.3 is 4.74 Å². The number of fused-ring (bicyclic) bond motifs is 1. The lowest BCUT2D eigenvalue weighted by atomic mass is 9.90. The first-order valence-corrected chi connectivity index (χ1v) is 10.8. The number of benzene rings is 2. The lowest BCUT2D eigenvalue weighted by Crippen LogP contribution is -2.22. The van der Waals surface area contributed by atoms with E-state index in [1.807, 2.05) is 42.5 Å². The van der Waals surface area contributed by atoms with Crippen LogP contribution in [0.1, 0.15) is 30.0 Å². The van der Waals surface area contributed by atoms with E-state index in [1.54, 1.807) is 12.1 Å². The molecule has 3 rings (SSSR count). The van der Waals surface area contributed by atoms with Gasteiger partial charge in [-0.05, 0) is 48.1 Å². The van der Waals surface area contributed by atoms with E-state index in [2.05, 4.69) is 10.8 Å². The summed E-state index contributed by atoms with van der Waals surface area (Å²) in [6.45, 7) is 1.38. The number of aryl methyl sites for hydroxylation is 1. The molecule has 2 aromatic carbocycles. The Kier molecular flexibility index (Phi) is 6.31. The van der Waals surface area contributed by atoms with E-state index in [0.29, 0.717) is 12.2 Å². The molecule has 0 atom stereocenters. The van der Waals surface area contributed by atoms with Gasteiger partial charge in [-0.15, -0.1) is 0 Å². The van der Waals surface area contributed by atoms with Gasteiger partial charge in [-0.3, -0.25) is 9.52 Å². The first-order chi connectivity index (χ1) is 13.4. The molecule has 0 aromatic heterocycles. The molecule has 5 nitrogen and oxygen atoms in total. The van der Waals surface area contributed by atoms with E-state index in [-0.39, 0.29) is 11.7 Å². The summed E-state index contributed by atoms with van der Waals surface area (Å²) < 4.78 is 32.3. The molecule has 1 N–H and O–H groups in total. The molecule has 0 saturated carbocycles. The van der Waals surface area contributed by atoms with Crippen molar-refractivity contribution in [1.82, 2.24) is 4.72 Å². The highest BCUT2D eigenvalue weighted by atomic mass is 32.2. The summed E-state index contributed by atoms with van der Waals surface area (Å²) in [6.07, 6.45) is 7.29. The normalized spacial score (nSPS) is 13.7. The van der Waals surface area contributed by atoms with Crippen molar-refractivity contribution in [3.8, 4) is 5.75 Å². The van der Waals surface area contributed by atoms with Gasteiger partial charge in [0.25, 0.3) is 0 Å². The minimum Gasteiger partial charge on any atom is -0.426 e. The number of hydrogen-bond acceptors (Lipinski definition) is 4. The number of nitrogens with one attached hydrogen (secondary N) is 1. The van der Waals surface area contributed by atoms with Crippen LogP contribution in [-0.4, -0.2) is 20.1 Å². The Bertz CT molecular complexity index is 1010. The van der Waals surface area contributed by atoms with Gasteiger partial charge in [0.1, 0.15) is 5.75 Å². The van der Waals surface area contributed by atoms with Gasteiger partial charge in [0.05, 0.1) is 5.75 Å². The number of carbonyl (C=O) groups is 1. The highest BCUT2D eigenvalue weighted by Gasteiger charge is 2.16. The summed E-state index contributed by atoms with van der Waals surface area (Å²) >= 11 is 0. The van der Waals surface area contributed by atoms with Gasteiger partial charge in [-0.1, -0.05) is 48.5 Å². The monoisotopic (exact) mass is 397 g/mol. The predicted molar refractivity (Wildman–Crippen MR) is 110 cm³/mol. The molecule has 0 fully saturated rings. The van der Waals surface area contributed by atoms with E-state index >= 15 is 0 Å². The molecule has 0 amide bonds. The van der Waals surface area contributed by atoms with Crippen molar-refractivity contribution in [1.29, 1.82) is 0 Å². The molecule has 0 bridgehead atoms. The second-order valence-corrected chi connectivity index (χ2v) is 8.45. The molecule has 0 radical (unpaired) electrons. The van der Waals surface area contributed by atoms with Gasteiger partial charge >= 0.3 is 5.97 Å². The van der Waals surface area contributed by atoms with Crippen LogP contribution in [0.15, 0.2) is 66.9 Å². The number of hydrogen-bond donors (Lipinski definition) is 1. The molecule has 1 aliphatic rings. The minimum atomic E-state index is -3.42. The average Bonchev–Trinajstić information content (AvgIpc) is 2.67. The quantitative estimate of drug-likeness (QED) is 0.572. The van der Waals surface area contributed by atoms with Crippen molar-refractivity contribution in [3.63, 3.8) is 0 Å². The first-order valence-electron chi connectivity index (χ1n) is 9.16. The Balaban J connectivity index is 1.66. The fourth-order valence-electron chi connectivity index (χ4n) is 3.17. The zero-order valence-corrected chi connectivity index (χ0v) is 16.5. The number of sulfonamides is 1. The van der Waals surface area contributed by atoms with Crippen LogP contribution in [0, 0.1) is 0 Å². The van der Waals surface area contributed by atoms with Crippen molar-refractivity contribution in [2.75, 3.05) is 5.75 Å². The van der Waals surface area contributed by atoms with E-state index in [1.165, 1.54) is 13.1 Å². The van der Waals surface area contributed by atoms with E-state index in [9.17, 15) is 13.2 Å². The largest absolute Gasteiger partial charge is 0.426 e. The fraction of sp³-hybridized carbons (Fsp3) is 0.227. The van der Waals surface area contributed by atoms with Crippen LogP contribution in [0.4, 0.5) is 0 Å². The molecular formula is C22H23NO4S. The van der Waals surface area contributed by atoms with Gasteiger partial charge in [-0.25, -0.2) is 8.42 Å². The van der Waals surface area contributed by atoms with E-state index in [4.69, 9.17) is 4.74 Å². The Morgan fingerprint density at radius 2 is 1.93 bits per heavy atom. The van der Waals surface area contributed by atoms with Crippen LogP contribution in [0.25, 0.3) is 5.57 Å². The zero-order chi connectivity index (χ0) is 20.0. The van der Waals surface area contributed by atoms with Crippen LogP contribution in [0.3, 0.4) is 0 Å². The minimum absolute atomic E-state index is 0.0214. The van der Waals surface area contributed by atoms with E-state index < -0.39 is 10.0 Å². The molecule has 146 valence electrons. The first kappa shape index (κ1) is 19.9. The number of allylic oxidation sites excluding steroid dienone is 3. The van der Waals surface area contributed by atoms with Crippen molar-refractivity contribution in [2.24, 2.45) is 0 Å². The third-order valence-electron chi connectivity index (χ3n) is 4.47. The number of carbonyl (C=O) groups excluding carboxylic acids is 1. The topological polar surface area (TPSA) is 72.5 Å². The SMILES string of the molecule is CC(=O)Oc1cccc2c1CCC=C2C=CNS(=O)(=O)CCc1ccccc1. The Labute approximate surface area is 165 Å². The third-order valence-corrected chi connectivity index (χ3v) is 5.71. The molecular weight excluding hydrogens is 374 g/mol. The Hall–Kier alpha value is -2.86. The van der Waals surface area contributed by atoms with Gasteiger partial charge in [0, 0.05) is 18.7 Å². The molecule has 28 heavy (non-hydrogen) atoms. The van der Waals surface area contributed by atoms with Crippen LogP contribution < -0.4 is 9.46 Å². The summed E-state index contributed by atoms with van der Waals surface area (Å²) in [5.41, 5.74) is 3.80. The molecule has 6 heteroatoms. The second-order valence-electron chi connectivity index (χ2n) is 6.58. The van der Waals surface area contributed by atoms with E-state index in [0.717, 1.165) is 35.1 Å². The maximum absolute atomic E-state index is 12.2. The van der Waals surface area contributed by atoms with Gasteiger partial charge in [0.2, 0.25) is 10.0 Å². The molecule has 0 aliphatic heterocycles. The average molecular weight is 397 g/mol. The van der Waals surface area contributed by atoms with Crippen LogP contribution >= 0.6 is 0 Å². The Morgan fingerprint density at radius 3 is 2.68 bits per heavy atom. The maximum Gasteiger partial charge on any atom is 0.308 e. The van der Waals surface area contributed by atoms with Crippen LogP contribution in [0.5, 0.6) is 5.75 Å². The predicted octanol–water partition coefficient (Wildman–Crippen LogP) is 3.62. The smallest absolute Gasteiger partial charge is 0.308 e. The summed E-state index contributed by atoms with van der Waals surface area (Å²) in [5, 5.41) is 0. The lowest BCUT2D eigenvalue weighted by Gasteiger charge is -2.18. The third kappa shape index (κ3) is 5.33. The fourth-order valence-corrected chi connectivity index (χ4v) is 4.07. The molecule has 2 aromatic rings. The molecule has 1 aliphatic carbocycles. The standard InChI is InChI=1S/C22H23NO4S/c1-17(24)27-22-12-6-10-20-19(9-5-11-21(20)22)13-15-23-28(25,26)16-14-18-7-3-2-4-8-18/h2-4,6-10,12-13,15,23H,5,11,14,16H2,1H3. The number of rotatable bonds is 7. The van der Waals surface area contributed by atoms with Gasteiger partial charge in [0.15, 0.2) is 0 Å². The van der Waals surface area contributed by atoms with Crippen molar-refractivity contribution in [3.05, 3.63) is 83.6 Å². The maximum atomic E-state index is 12.2. The molecule has 0 saturated heterocycles. The highest BCUT2D eigenvalue weighted by molar-refractivity contribution is 7.89. The lowest BCUT2D eigenvalue weighted by molar-refractivity contribution is -0.131. The number of ether oxygens (including phenoxy) is 1. The second kappa shape index (κ2) is 8.89. The summed E-state index contributed by atoms with van der Waals surface area (Å²) in [6, 6.07) is 15.1. The molecule has 0 heterocycles. The van der Waals surface area contributed by atoms with Crippen molar-refractivity contribution >= 4 is 21.6 Å². The van der Waals surface area contributed by atoms with Gasteiger partial charge in [-0.2, -0.15) is 0 Å². The summed E-state index contributed by atoms with van der Waals surface area (Å²) in [5.74, 6) is 0.229. The van der Waals surface area contributed by atoms with Crippen LogP contribution in [-0.2, 0) is 27.7 Å². The molecule has 0 unspecified atom stereocenters. The van der Waals surface area contributed by atoms with Crippen LogP contribution in [0.2, 0.25) is 0 Å². The zero-order valence-electron chi connectivity index (χ0n) is 15.7. The molecule has 0 spiro atoms. The van der Waals surface area contributed by atoms with Crippen molar-refractivity contribution < 1.29 is 17.9 Å². The highest BCUT2D eigenvalue weighted by Crippen LogP contribution is 2.33. The summed E-state index contributed by atoms with van der Waals surface area (Å²) in [7, 11) is -3.42. The van der Waals surface area contributed by atoms with Crippen molar-refractivity contribution in [2.45, 2.75) is 26.2 Å².